The van der Waals surface area contributed by atoms with Crippen molar-refractivity contribution in [1.82, 2.24) is 5.32 Å². The molecule has 0 saturated heterocycles. The molecule has 0 fully saturated rings. The van der Waals surface area contributed by atoms with Crippen molar-refractivity contribution in [3.63, 3.8) is 0 Å². The minimum absolute atomic E-state index is 0.575. The van der Waals surface area contributed by atoms with Crippen molar-refractivity contribution in [1.29, 1.82) is 0 Å². The van der Waals surface area contributed by atoms with E-state index in [1.54, 1.807) is 7.11 Å². The highest BCUT2D eigenvalue weighted by Gasteiger charge is 2.14. The Labute approximate surface area is 119 Å². The van der Waals surface area contributed by atoms with Gasteiger partial charge in [0.15, 0.2) is 0 Å². The summed E-state index contributed by atoms with van der Waals surface area (Å²) in [6.07, 6.45) is 3.51. The predicted octanol–water partition coefficient (Wildman–Crippen LogP) is 2.47. The molecular formula is C15H33NO3. The van der Waals surface area contributed by atoms with Gasteiger partial charge in [0.05, 0.1) is 26.4 Å². The number of hydrogen-bond acceptors (Lipinski definition) is 4. The second-order valence-electron chi connectivity index (χ2n) is 4.92. The lowest BCUT2D eigenvalue weighted by Crippen LogP contribution is -2.34. The van der Waals surface area contributed by atoms with Gasteiger partial charge in [0.25, 0.3) is 0 Å². The van der Waals surface area contributed by atoms with Gasteiger partial charge < -0.3 is 19.5 Å². The van der Waals surface area contributed by atoms with E-state index in [9.17, 15) is 0 Å². The third-order valence-electron chi connectivity index (χ3n) is 3.38. The summed E-state index contributed by atoms with van der Waals surface area (Å²) in [5.74, 6) is 0.695. The Bertz CT molecular complexity index is 179. The van der Waals surface area contributed by atoms with Gasteiger partial charge in [0.2, 0.25) is 0 Å². The van der Waals surface area contributed by atoms with Crippen LogP contribution >= 0.6 is 0 Å². The molecule has 0 radical (unpaired) electrons. The van der Waals surface area contributed by atoms with E-state index in [2.05, 4.69) is 26.1 Å². The second kappa shape index (κ2) is 14.3. The zero-order valence-corrected chi connectivity index (χ0v) is 13.2. The molecule has 0 rings (SSSR count). The Morgan fingerprint density at radius 1 is 0.947 bits per heavy atom. The molecule has 4 nitrogen and oxygen atoms in total. The van der Waals surface area contributed by atoms with Gasteiger partial charge in [0.1, 0.15) is 0 Å². The molecule has 0 aliphatic carbocycles. The highest BCUT2D eigenvalue weighted by Crippen LogP contribution is 2.13. The van der Waals surface area contributed by atoms with E-state index in [4.69, 9.17) is 14.2 Å². The normalized spacial score (nSPS) is 14.5. The van der Waals surface area contributed by atoms with Crippen molar-refractivity contribution in [3.8, 4) is 0 Å². The molecule has 2 atom stereocenters. The number of hydrogen-bond donors (Lipinski definition) is 1. The fourth-order valence-corrected chi connectivity index (χ4v) is 2.05. The molecule has 0 heterocycles. The summed E-state index contributed by atoms with van der Waals surface area (Å²) in [7, 11) is 1.68. The fraction of sp³-hybridized carbons (Fsp3) is 1.00. The summed E-state index contributed by atoms with van der Waals surface area (Å²) in [6.45, 7) is 11.3. The van der Waals surface area contributed by atoms with Crippen LogP contribution in [-0.2, 0) is 14.2 Å². The van der Waals surface area contributed by atoms with Crippen LogP contribution in [0.1, 0.15) is 40.0 Å². The molecule has 4 heteroatoms. The topological polar surface area (TPSA) is 39.7 Å². The average molecular weight is 275 g/mol. The third kappa shape index (κ3) is 11.4. The van der Waals surface area contributed by atoms with Gasteiger partial charge in [-0.25, -0.2) is 0 Å². The van der Waals surface area contributed by atoms with E-state index in [1.165, 1.54) is 12.8 Å². The van der Waals surface area contributed by atoms with Crippen LogP contribution in [0.25, 0.3) is 0 Å². The van der Waals surface area contributed by atoms with Crippen LogP contribution in [0.5, 0.6) is 0 Å². The van der Waals surface area contributed by atoms with Gasteiger partial charge in [-0.05, 0) is 32.2 Å². The fourth-order valence-electron chi connectivity index (χ4n) is 2.05. The minimum atomic E-state index is 0.575. The smallest absolute Gasteiger partial charge is 0.0701 e. The Balaban J connectivity index is 3.45. The average Bonchev–Trinajstić information content (AvgIpc) is 2.43. The quantitative estimate of drug-likeness (QED) is 0.494. The van der Waals surface area contributed by atoms with Crippen LogP contribution in [0.3, 0.4) is 0 Å². The van der Waals surface area contributed by atoms with Crippen molar-refractivity contribution in [3.05, 3.63) is 0 Å². The van der Waals surface area contributed by atoms with E-state index in [0.717, 1.165) is 19.6 Å². The highest BCUT2D eigenvalue weighted by atomic mass is 16.5. The first-order chi connectivity index (χ1) is 9.26. The summed E-state index contributed by atoms with van der Waals surface area (Å²) in [5, 5.41) is 3.56. The predicted molar refractivity (Wildman–Crippen MR) is 79.7 cm³/mol. The molecule has 2 unspecified atom stereocenters. The van der Waals surface area contributed by atoms with E-state index < -0.39 is 0 Å². The van der Waals surface area contributed by atoms with Crippen molar-refractivity contribution in [2.24, 2.45) is 5.92 Å². The van der Waals surface area contributed by atoms with Crippen molar-refractivity contribution < 1.29 is 14.2 Å². The molecule has 0 aliphatic heterocycles. The van der Waals surface area contributed by atoms with Gasteiger partial charge in [-0.2, -0.15) is 0 Å². The Hall–Kier alpha value is -0.160. The van der Waals surface area contributed by atoms with Crippen LogP contribution in [-0.4, -0.2) is 52.7 Å². The molecule has 0 amide bonds. The lowest BCUT2D eigenvalue weighted by atomic mass is 9.95. The van der Waals surface area contributed by atoms with Gasteiger partial charge in [-0.1, -0.05) is 20.3 Å². The van der Waals surface area contributed by atoms with Gasteiger partial charge in [0, 0.05) is 19.8 Å². The molecule has 19 heavy (non-hydrogen) atoms. The number of ether oxygens (including phenoxy) is 3. The Kier molecular flexibility index (Phi) is 14.1. The summed E-state index contributed by atoms with van der Waals surface area (Å²) in [5.41, 5.74) is 0. The van der Waals surface area contributed by atoms with Gasteiger partial charge in [-0.3, -0.25) is 0 Å². The molecule has 0 aromatic carbocycles. The maximum absolute atomic E-state index is 5.61. The largest absolute Gasteiger partial charge is 0.382 e. The lowest BCUT2D eigenvalue weighted by molar-refractivity contribution is 0.0209. The van der Waals surface area contributed by atoms with Crippen LogP contribution < -0.4 is 5.32 Å². The van der Waals surface area contributed by atoms with E-state index in [1.807, 2.05) is 0 Å². The molecule has 0 saturated carbocycles. The van der Waals surface area contributed by atoms with Crippen LogP contribution in [0, 0.1) is 5.92 Å². The molecule has 0 bridgehead atoms. The summed E-state index contributed by atoms with van der Waals surface area (Å²) >= 11 is 0. The van der Waals surface area contributed by atoms with Crippen molar-refractivity contribution in [2.45, 2.75) is 46.1 Å². The molecule has 0 aliphatic rings. The zero-order chi connectivity index (χ0) is 14.3. The third-order valence-corrected chi connectivity index (χ3v) is 3.38. The number of rotatable bonds is 14. The first-order valence-electron chi connectivity index (χ1n) is 7.64. The first-order valence-corrected chi connectivity index (χ1v) is 7.64. The lowest BCUT2D eigenvalue weighted by Gasteiger charge is -2.23. The monoisotopic (exact) mass is 275 g/mol. The molecule has 0 spiro atoms. The van der Waals surface area contributed by atoms with Crippen molar-refractivity contribution in [2.75, 3.05) is 46.7 Å². The standard InChI is InChI=1S/C15H33NO3/c1-5-8-16-14(3)15(6-2)7-9-18-12-13-19-11-10-17-4/h14-16H,5-13H2,1-4H3. The zero-order valence-electron chi connectivity index (χ0n) is 13.2. The molecular weight excluding hydrogens is 242 g/mol. The minimum Gasteiger partial charge on any atom is -0.382 e. The van der Waals surface area contributed by atoms with Gasteiger partial charge >= 0.3 is 0 Å². The van der Waals surface area contributed by atoms with Crippen molar-refractivity contribution >= 4 is 0 Å². The Morgan fingerprint density at radius 2 is 1.58 bits per heavy atom. The van der Waals surface area contributed by atoms with Crippen LogP contribution in [0.2, 0.25) is 0 Å². The molecule has 1 N–H and O–H groups in total. The van der Waals surface area contributed by atoms with Crippen LogP contribution in [0.4, 0.5) is 0 Å². The van der Waals surface area contributed by atoms with E-state index in [-0.39, 0.29) is 0 Å². The second-order valence-corrected chi connectivity index (χ2v) is 4.92. The first kappa shape index (κ1) is 18.8. The molecule has 0 aromatic heterocycles. The number of nitrogens with one attached hydrogen (secondary N) is 1. The van der Waals surface area contributed by atoms with E-state index >= 15 is 0 Å². The van der Waals surface area contributed by atoms with Gasteiger partial charge in [-0.15, -0.1) is 0 Å². The highest BCUT2D eigenvalue weighted by molar-refractivity contribution is 4.70. The maximum atomic E-state index is 5.61. The Morgan fingerprint density at radius 3 is 2.16 bits per heavy atom. The summed E-state index contributed by atoms with van der Waals surface area (Å²) in [6, 6.07) is 0.575. The van der Waals surface area contributed by atoms with Crippen LogP contribution in [0.15, 0.2) is 0 Å². The maximum Gasteiger partial charge on any atom is 0.0701 e. The molecule has 116 valence electrons. The SMILES string of the molecule is CCCNC(C)C(CC)CCOCCOCCOC. The molecule has 0 aromatic rings. The number of methoxy groups -OCH3 is 1. The van der Waals surface area contributed by atoms with E-state index in [0.29, 0.717) is 38.4 Å². The summed E-state index contributed by atoms with van der Waals surface area (Å²) in [4.78, 5) is 0. The summed E-state index contributed by atoms with van der Waals surface area (Å²) < 4.78 is 15.9.